The number of nitrogens with two attached hydrogens (primary N) is 1. The molecule has 0 unspecified atom stereocenters. The third-order valence-corrected chi connectivity index (χ3v) is 3.71. The van der Waals surface area contributed by atoms with Crippen LogP contribution in [0.3, 0.4) is 0 Å². The fourth-order valence-electron chi connectivity index (χ4n) is 2.23. The van der Waals surface area contributed by atoms with Crippen LogP contribution >= 0.6 is 11.6 Å². The Labute approximate surface area is 148 Å². The quantitative estimate of drug-likeness (QED) is 0.722. The van der Waals surface area contributed by atoms with Crippen molar-refractivity contribution >= 4 is 29.2 Å². The van der Waals surface area contributed by atoms with Gasteiger partial charge in [-0.25, -0.2) is 4.39 Å². The molecule has 0 saturated carbocycles. The van der Waals surface area contributed by atoms with Gasteiger partial charge in [0, 0.05) is 11.8 Å². The molecule has 9 heteroatoms. The summed E-state index contributed by atoms with van der Waals surface area (Å²) in [6.45, 7) is 0. The maximum atomic E-state index is 13.3. The van der Waals surface area contributed by atoms with E-state index in [1.807, 2.05) is 0 Å². The van der Waals surface area contributed by atoms with Gasteiger partial charge in [0.1, 0.15) is 5.82 Å². The number of aromatic nitrogens is 3. The van der Waals surface area contributed by atoms with Crippen LogP contribution in [0.1, 0.15) is 0 Å². The van der Waals surface area contributed by atoms with Crippen LogP contribution in [-0.2, 0) is 0 Å². The van der Waals surface area contributed by atoms with Gasteiger partial charge in [0.25, 0.3) is 0 Å². The zero-order chi connectivity index (χ0) is 18.0. The first-order chi connectivity index (χ1) is 12.0. The predicted molar refractivity (Wildman–Crippen MR) is 93.6 cm³/mol. The molecule has 3 rings (SSSR count). The Morgan fingerprint density at radius 1 is 1.12 bits per heavy atom. The molecule has 0 atom stereocenters. The number of halogens is 2. The molecule has 1 heterocycles. The molecule has 0 aliphatic heterocycles. The van der Waals surface area contributed by atoms with E-state index in [0.29, 0.717) is 22.9 Å². The van der Waals surface area contributed by atoms with E-state index in [9.17, 15) is 4.39 Å². The van der Waals surface area contributed by atoms with Crippen molar-refractivity contribution in [1.82, 2.24) is 14.8 Å². The molecule has 0 bridgehead atoms. The summed E-state index contributed by atoms with van der Waals surface area (Å²) in [4.78, 5) is 4.14. The first-order valence-corrected chi connectivity index (χ1v) is 7.56. The van der Waals surface area contributed by atoms with Crippen molar-refractivity contribution in [2.45, 2.75) is 0 Å². The average Bonchev–Trinajstić information content (AvgIpc) is 2.97. The number of benzene rings is 2. The fraction of sp³-hybridized carbons (Fsp3) is 0.125. The molecule has 25 heavy (non-hydrogen) atoms. The molecule has 0 aliphatic rings. The standard InChI is InChI=1S/C16H15ClFN5O2/c1-24-13-6-3-9(7-14(13)25-2)20-16-21-15(19)23(22-16)10-4-5-12(18)11(17)8-10/h3-8H,1-2H3,(H3,19,20,21,22). The highest BCUT2D eigenvalue weighted by atomic mass is 35.5. The molecular weight excluding hydrogens is 349 g/mol. The molecule has 0 amide bonds. The van der Waals surface area contributed by atoms with E-state index in [2.05, 4.69) is 15.4 Å². The zero-order valence-corrected chi connectivity index (χ0v) is 14.2. The average molecular weight is 364 g/mol. The van der Waals surface area contributed by atoms with Gasteiger partial charge in [-0.2, -0.15) is 9.67 Å². The van der Waals surface area contributed by atoms with Gasteiger partial charge in [-0.15, -0.1) is 5.10 Å². The number of hydrogen-bond donors (Lipinski definition) is 2. The normalized spacial score (nSPS) is 10.6. The number of methoxy groups -OCH3 is 2. The van der Waals surface area contributed by atoms with Crippen LogP contribution in [0, 0.1) is 5.82 Å². The van der Waals surface area contributed by atoms with Crippen LogP contribution < -0.4 is 20.5 Å². The molecule has 1 aromatic heterocycles. The predicted octanol–water partition coefficient (Wildman–Crippen LogP) is 3.40. The minimum Gasteiger partial charge on any atom is -0.493 e. The summed E-state index contributed by atoms with van der Waals surface area (Å²) < 4.78 is 25.1. The molecule has 0 spiro atoms. The molecule has 0 radical (unpaired) electrons. The Bertz CT molecular complexity index is 916. The highest BCUT2D eigenvalue weighted by Gasteiger charge is 2.12. The molecular formula is C16H15ClFN5O2. The molecule has 3 N–H and O–H groups in total. The van der Waals surface area contributed by atoms with Crippen LogP contribution in [0.4, 0.5) is 22.0 Å². The van der Waals surface area contributed by atoms with Gasteiger partial charge in [-0.1, -0.05) is 11.6 Å². The second-order valence-corrected chi connectivity index (χ2v) is 5.41. The number of rotatable bonds is 5. The van der Waals surface area contributed by atoms with Crippen LogP contribution in [0.15, 0.2) is 36.4 Å². The summed E-state index contributed by atoms with van der Waals surface area (Å²) in [6, 6.07) is 9.44. The maximum Gasteiger partial charge on any atom is 0.248 e. The van der Waals surface area contributed by atoms with Gasteiger partial charge >= 0.3 is 0 Å². The largest absolute Gasteiger partial charge is 0.493 e. The van der Waals surface area contributed by atoms with E-state index in [1.165, 1.54) is 22.9 Å². The van der Waals surface area contributed by atoms with Gasteiger partial charge in [-0.05, 0) is 30.3 Å². The second kappa shape index (κ2) is 6.86. The highest BCUT2D eigenvalue weighted by Crippen LogP contribution is 2.31. The summed E-state index contributed by atoms with van der Waals surface area (Å²) in [5.41, 5.74) is 7.07. The van der Waals surface area contributed by atoms with Crippen LogP contribution in [0.5, 0.6) is 11.5 Å². The first-order valence-electron chi connectivity index (χ1n) is 7.19. The van der Waals surface area contributed by atoms with E-state index < -0.39 is 5.82 Å². The van der Waals surface area contributed by atoms with E-state index in [1.54, 1.807) is 32.4 Å². The lowest BCUT2D eigenvalue weighted by atomic mass is 10.3. The van der Waals surface area contributed by atoms with Gasteiger partial charge in [0.2, 0.25) is 11.9 Å². The lowest BCUT2D eigenvalue weighted by Crippen LogP contribution is -2.02. The van der Waals surface area contributed by atoms with E-state index in [4.69, 9.17) is 26.8 Å². The van der Waals surface area contributed by atoms with Crippen LogP contribution in [0.2, 0.25) is 5.02 Å². The smallest absolute Gasteiger partial charge is 0.248 e. The number of anilines is 3. The fourth-order valence-corrected chi connectivity index (χ4v) is 2.40. The number of nitrogen functional groups attached to an aromatic ring is 1. The zero-order valence-electron chi connectivity index (χ0n) is 13.5. The second-order valence-electron chi connectivity index (χ2n) is 5.00. The van der Waals surface area contributed by atoms with Crippen molar-refractivity contribution in [2.24, 2.45) is 0 Å². The van der Waals surface area contributed by atoms with E-state index >= 15 is 0 Å². The summed E-state index contributed by atoms with van der Waals surface area (Å²) in [7, 11) is 3.10. The van der Waals surface area contributed by atoms with Crippen molar-refractivity contribution in [3.63, 3.8) is 0 Å². The minimum atomic E-state index is -0.521. The van der Waals surface area contributed by atoms with Crippen LogP contribution in [-0.4, -0.2) is 29.0 Å². The Hall–Kier alpha value is -3.00. The summed E-state index contributed by atoms with van der Waals surface area (Å²) in [5.74, 6) is 1.04. The molecule has 0 fully saturated rings. The van der Waals surface area contributed by atoms with Gasteiger partial charge < -0.3 is 20.5 Å². The van der Waals surface area contributed by atoms with E-state index in [0.717, 1.165) is 0 Å². The van der Waals surface area contributed by atoms with Crippen molar-refractivity contribution in [1.29, 1.82) is 0 Å². The number of nitrogens with one attached hydrogen (secondary N) is 1. The third kappa shape index (κ3) is 3.43. The third-order valence-electron chi connectivity index (χ3n) is 3.42. The van der Waals surface area contributed by atoms with Crippen molar-refractivity contribution in [2.75, 3.05) is 25.3 Å². The van der Waals surface area contributed by atoms with Crippen LogP contribution in [0.25, 0.3) is 5.69 Å². The molecule has 7 nitrogen and oxygen atoms in total. The molecule has 0 saturated heterocycles. The molecule has 130 valence electrons. The van der Waals surface area contributed by atoms with Crippen molar-refractivity contribution in [3.8, 4) is 17.2 Å². The number of ether oxygens (including phenoxy) is 2. The van der Waals surface area contributed by atoms with Gasteiger partial charge in [0.05, 0.1) is 24.9 Å². The summed E-state index contributed by atoms with van der Waals surface area (Å²) >= 11 is 5.80. The molecule has 2 aromatic carbocycles. The summed E-state index contributed by atoms with van der Waals surface area (Å²) in [6.07, 6.45) is 0. The van der Waals surface area contributed by atoms with Crippen molar-refractivity contribution in [3.05, 3.63) is 47.2 Å². The Morgan fingerprint density at radius 3 is 2.56 bits per heavy atom. The Kier molecular flexibility index (Phi) is 4.62. The molecule has 3 aromatic rings. The van der Waals surface area contributed by atoms with E-state index in [-0.39, 0.29) is 16.9 Å². The minimum absolute atomic E-state index is 0.0261. The number of hydrogen-bond acceptors (Lipinski definition) is 6. The lowest BCUT2D eigenvalue weighted by Gasteiger charge is -2.09. The highest BCUT2D eigenvalue weighted by molar-refractivity contribution is 6.30. The Balaban J connectivity index is 1.89. The summed E-state index contributed by atoms with van der Waals surface area (Å²) in [5, 5.41) is 7.26. The first kappa shape index (κ1) is 16.8. The van der Waals surface area contributed by atoms with Gasteiger partial charge in [-0.3, -0.25) is 0 Å². The topological polar surface area (TPSA) is 87.2 Å². The monoisotopic (exact) mass is 363 g/mol. The number of nitrogens with zero attached hydrogens (tertiary/aromatic N) is 3. The van der Waals surface area contributed by atoms with Crippen molar-refractivity contribution < 1.29 is 13.9 Å². The van der Waals surface area contributed by atoms with Gasteiger partial charge in [0.15, 0.2) is 11.5 Å². The SMILES string of the molecule is COc1ccc(Nc2nc(N)n(-c3ccc(F)c(Cl)c3)n2)cc1OC. The lowest BCUT2D eigenvalue weighted by molar-refractivity contribution is 0.355. The Morgan fingerprint density at radius 2 is 1.88 bits per heavy atom. The maximum absolute atomic E-state index is 13.3. The molecule has 0 aliphatic carbocycles.